The van der Waals surface area contributed by atoms with E-state index >= 15 is 0 Å². The van der Waals surface area contributed by atoms with E-state index in [0.29, 0.717) is 18.4 Å². The minimum absolute atomic E-state index is 0.0479. The van der Waals surface area contributed by atoms with Crippen LogP contribution in [0, 0.1) is 13.8 Å². The molecule has 1 N–H and O–H groups in total. The first-order valence-corrected chi connectivity index (χ1v) is 11.1. The number of nitrogens with one attached hydrogen (secondary N) is 1. The maximum Gasteiger partial charge on any atom is 0.234 e. The summed E-state index contributed by atoms with van der Waals surface area (Å²) < 4.78 is 2.09. The lowest BCUT2D eigenvalue weighted by Gasteiger charge is -2.09. The third kappa shape index (κ3) is 4.65. The van der Waals surface area contributed by atoms with Crippen LogP contribution in [0.4, 0.5) is 5.69 Å². The number of hydrogen-bond acceptors (Lipinski definition) is 4. The standard InChI is InChI=1S/C24H26N4OS/c1-4-10-28-23(21-14-20(21)18-8-6-5-7-9-18)26-27-24(28)30-15-22(29)25-19-12-16(2)11-17(3)13-19/h4-9,11-13,20-21H,1,10,14-15H2,2-3H3,(H,25,29). The van der Waals surface area contributed by atoms with Crippen molar-refractivity contribution in [3.63, 3.8) is 0 Å². The summed E-state index contributed by atoms with van der Waals surface area (Å²) in [6.45, 7) is 8.57. The molecule has 1 heterocycles. The Balaban J connectivity index is 1.42. The van der Waals surface area contributed by atoms with Crippen LogP contribution >= 0.6 is 11.8 Å². The Morgan fingerprint density at radius 1 is 1.17 bits per heavy atom. The smallest absolute Gasteiger partial charge is 0.234 e. The summed E-state index contributed by atoms with van der Waals surface area (Å²) in [6, 6.07) is 16.6. The minimum Gasteiger partial charge on any atom is -0.325 e. The van der Waals surface area contributed by atoms with Crippen molar-refractivity contribution in [1.29, 1.82) is 0 Å². The van der Waals surface area contributed by atoms with Crippen molar-refractivity contribution < 1.29 is 4.79 Å². The summed E-state index contributed by atoms with van der Waals surface area (Å²) in [7, 11) is 0. The van der Waals surface area contributed by atoms with Gasteiger partial charge < -0.3 is 9.88 Å². The number of thioether (sulfide) groups is 1. The molecule has 154 valence electrons. The second-order valence-corrected chi connectivity index (χ2v) is 8.76. The molecule has 2 atom stereocenters. The van der Waals surface area contributed by atoms with Gasteiger partial charge in [-0.25, -0.2) is 0 Å². The summed E-state index contributed by atoms with van der Waals surface area (Å²) in [6.07, 6.45) is 2.93. The van der Waals surface area contributed by atoms with Crippen molar-refractivity contribution >= 4 is 23.4 Å². The van der Waals surface area contributed by atoms with Gasteiger partial charge in [-0.3, -0.25) is 4.79 Å². The second kappa shape index (κ2) is 8.88. The zero-order chi connectivity index (χ0) is 21.1. The fourth-order valence-corrected chi connectivity index (χ4v) is 4.66. The number of carbonyl (C=O) groups excluding carboxylic acids is 1. The van der Waals surface area contributed by atoms with Crippen molar-refractivity contribution in [3.8, 4) is 0 Å². The SMILES string of the molecule is C=CCn1c(SCC(=O)Nc2cc(C)cc(C)c2)nnc1C1CC1c1ccccc1. The molecule has 0 aliphatic heterocycles. The Bertz CT molecular complexity index is 1040. The van der Waals surface area contributed by atoms with Crippen molar-refractivity contribution in [1.82, 2.24) is 14.8 Å². The monoisotopic (exact) mass is 418 g/mol. The number of benzene rings is 2. The molecule has 1 fully saturated rings. The number of amides is 1. The predicted molar refractivity (Wildman–Crippen MR) is 122 cm³/mol. The highest BCUT2D eigenvalue weighted by atomic mass is 32.2. The maximum atomic E-state index is 12.5. The lowest BCUT2D eigenvalue weighted by Crippen LogP contribution is -2.15. The van der Waals surface area contributed by atoms with E-state index in [-0.39, 0.29) is 11.7 Å². The molecule has 4 rings (SSSR count). The summed E-state index contributed by atoms with van der Waals surface area (Å²) in [5.74, 6) is 2.09. The van der Waals surface area contributed by atoms with Gasteiger partial charge in [0.15, 0.2) is 5.16 Å². The van der Waals surface area contributed by atoms with Gasteiger partial charge >= 0.3 is 0 Å². The average molecular weight is 419 g/mol. The molecule has 1 aliphatic carbocycles. The molecule has 30 heavy (non-hydrogen) atoms. The number of nitrogens with zero attached hydrogens (tertiary/aromatic N) is 3. The van der Waals surface area contributed by atoms with Gasteiger partial charge in [-0.1, -0.05) is 54.2 Å². The number of anilines is 1. The summed E-state index contributed by atoms with van der Waals surface area (Å²) >= 11 is 1.42. The zero-order valence-electron chi connectivity index (χ0n) is 17.3. The van der Waals surface area contributed by atoms with E-state index in [1.54, 1.807) is 0 Å². The van der Waals surface area contributed by atoms with Crippen LogP contribution in [0.1, 0.15) is 40.8 Å². The van der Waals surface area contributed by atoms with Gasteiger partial charge in [0.1, 0.15) is 5.82 Å². The minimum atomic E-state index is -0.0479. The summed E-state index contributed by atoms with van der Waals surface area (Å²) in [5, 5.41) is 12.6. The molecule has 6 heteroatoms. The van der Waals surface area contributed by atoms with Gasteiger partial charge in [-0.2, -0.15) is 0 Å². The molecular weight excluding hydrogens is 392 g/mol. The summed E-state index contributed by atoms with van der Waals surface area (Å²) in [4.78, 5) is 12.5. The first-order chi connectivity index (χ1) is 14.5. The Morgan fingerprint density at radius 2 is 1.90 bits per heavy atom. The Labute approximate surface area is 181 Å². The molecule has 1 saturated carbocycles. The van der Waals surface area contributed by atoms with Gasteiger partial charge in [0.2, 0.25) is 5.91 Å². The van der Waals surface area contributed by atoms with Crippen molar-refractivity contribution in [2.75, 3.05) is 11.1 Å². The predicted octanol–water partition coefficient (Wildman–Crippen LogP) is 5.08. The highest BCUT2D eigenvalue weighted by Gasteiger charge is 2.43. The van der Waals surface area contributed by atoms with Gasteiger partial charge in [-0.15, -0.1) is 16.8 Å². The fraction of sp³-hybridized carbons (Fsp3) is 0.292. The van der Waals surface area contributed by atoms with Gasteiger partial charge in [0.05, 0.1) is 5.75 Å². The number of allylic oxidation sites excluding steroid dienone is 1. The van der Waals surface area contributed by atoms with E-state index in [1.807, 2.05) is 38.1 Å². The molecule has 1 amide bonds. The van der Waals surface area contributed by atoms with Crippen LogP contribution in [0.25, 0.3) is 0 Å². The van der Waals surface area contributed by atoms with Crippen LogP contribution in [0.5, 0.6) is 0 Å². The van der Waals surface area contributed by atoms with Crippen LogP contribution in [0.2, 0.25) is 0 Å². The second-order valence-electron chi connectivity index (χ2n) is 7.81. The first-order valence-electron chi connectivity index (χ1n) is 10.1. The number of hydrogen-bond donors (Lipinski definition) is 1. The van der Waals surface area contributed by atoms with E-state index in [4.69, 9.17) is 0 Å². The highest BCUT2D eigenvalue weighted by molar-refractivity contribution is 7.99. The molecule has 0 spiro atoms. The topological polar surface area (TPSA) is 59.8 Å². The van der Waals surface area contributed by atoms with E-state index in [2.05, 4.69) is 57.0 Å². The lowest BCUT2D eigenvalue weighted by molar-refractivity contribution is -0.113. The van der Waals surface area contributed by atoms with Crippen molar-refractivity contribution in [2.45, 2.75) is 43.8 Å². The largest absolute Gasteiger partial charge is 0.325 e. The van der Waals surface area contributed by atoms with E-state index in [0.717, 1.165) is 34.2 Å². The zero-order valence-corrected chi connectivity index (χ0v) is 18.2. The molecule has 1 aromatic heterocycles. The molecule has 3 aromatic rings. The molecule has 2 aromatic carbocycles. The van der Waals surface area contributed by atoms with Crippen molar-refractivity contribution in [3.05, 3.63) is 83.7 Å². The molecule has 0 radical (unpaired) electrons. The lowest BCUT2D eigenvalue weighted by atomic mass is 10.1. The van der Waals surface area contributed by atoms with Crippen molar-refractivity contribution in [2.24, 2.45) is 0 Å². The van der Waals surface area contributed by atoms with Gasteiger partial charge in [-0.05, 0) is 55.0 Å². The van der Waals surface area contributed by atoms with E-state index in [1.165, 1.54) is 17.3 Å². The first kappa shape index (κ1) is 20.4. The van der Waals surface area contributed by atoms with Crippen LogP contribution in [0.15, 0.2) is 66.3 Å². The molecular formula is C24H26N4OS. The Kier molecular flexibility index (Phi) is 6.04. The van der Waals surface area contributed by atoms with Gasteiger partial charge in [0.25, 0.3) is 0 Å². The molecule has 1 aliphatic rings. The number of carbonyl (C=O) groups is 1. The van der Waals surface area contributed by atoms with Crippen LogP contribution < -0.4 is 5.32 Å². The number of rotatable bonds is 8. The number of aryl methyl sites for hydroxylation is 2. The normalized spacial score (nSPS) is 17.5. The summed E-state index contributed by atoms with van der Waals surface area (Å²) in [5.41, 5.74) is 4.43. The number of aromatic nitrogens is 3. The fourth-order valence-electron chi connectivity index (χ4n) is 3.90. The quantitative estimate of drug-likeness (QED) is 0.409. The molecule has 2 unspecified atom stereocenters. The van der Waals surface area contributed by atoms with Crippen LogP contribution in [0.3, 0.4) is 0 Å². The van der Waals surface area contributed by atoms with E-state index < -0.39 is 0 Å². The van der Waals surface area contributed by atoms with Gasteiger partial charge in [0, 0.05) is 18.2 Å². The Hall–Kier alpha value is -2.86. The van der Waals surface area contributed by atoms with Crippen LogP contribution in [-0.2, 0) is 11.3 Å². The third-order valence-electron chi connectivity index (χ3n) is 5.24. The maximum absolute atomic E-state index is 12.5. The Morgan fingerprint density at radius 3 is 2.60 bits per heavy atom. The highest BCUT2D eigenvalue weighted by Crippen LogP contribution is 2.54. The third-order valence-corrected chi connectivity index (χ3v) is 6.21. The molecule has 0 saturated heterocycles. The van der Waals surface area contributed by atoms with E-state index in [9.17, 15) is 4.79 Å². The average Bonchev–Trinajstić information content (AvgIpc) is 3.41. The molecule has 5 nitrogen and oxygen atoms in total. The van der Waals surface area contributed by atoms with Crippen LogP contribution in [-0.4, -0.2) is 26.4 Å². The molecule has 0 bridgehead atoms.